The number of nitrogens with zero attached hydrogens (tertiary/aromatic N) is 1. The molecule has 7 nitrogen and oxygen atoms in total. The van der Waals surface area contributed by atoms with Crippen LogP contribution in [0.3, 0.4) is 0 Å². The van der Waals surface area contributed by atoms with E-state index in [9.17, 15) is 9.59 Å². The first-order chi connectivity index (χ1) is 15.7. The summed E-state index contributed by atoms with van der Waals surface area (Å²) in [5.41, 5.74) is 0.740. The minimum absolute atomic E-state index is 0.0117. The number of halogens is 2. The van der Waals surface area contributed by atoms with Gasteiger partial charge in [0.25, 0.3) is 5.91 Å². The summed E-state index contributed by atoms with van der Waals surface area (Å²) in [6.45, 7) is 5.45. The molecule has 2 amide bonds. The van der Waals surface area contributed by atoms with Crippen LogP contribution >= 0.6 is 23.2 Å². The summed E-state index contributed by atoms with van der Waals surface area (Å²) in [6, 6.07) is 9.36. The number of carbonyl (C=O) groups is 2. The first kappa shape index (κ1) is 26.6. The fourth-order valence-electron chi connectivity index (χ4n) is 2.98. The van der Waals surface area contributed by atoms with Crippen molar-refractivity contribution < 1.29 is 23.8 Å². The third kappa shape index (κ3) is 7.72. The summed E-state index contributed by atoms with van der Waals surface area (Å²) in [6.07, 6.45) is 0.778. The largest absolute Gasteiger partial charge is 0.496 e. The van der Waals surface area contributed by atoms with Gasteiger partial charge in [0, 0.05) is 30.8 Å². The molecular formula is C24H30Cl2N2O5. The van der Waals surface area contributed by atoms with Crippen molar-refractivity contribution >= 4 is 35.0 Å². The van der Waals surface area contributed by atoms with Gasteiger partial charge in [0.15, 0.2) is 6.61 Å². The van der Waals surface area contributed by atoms with Crippen LogP contribution in [0, 0.1) is 0 Å². The Labute approximate surface area is 204 Å². The van der Waals surface area contributed by atoms with Gasteiger partial charge in [-0.15, -0.1) is 0 Å². The summed E-state index contributed by atoms with van der Waals surface area (Å²) in [5.74, 6) is 0.859. The van der Waals surface area contributed by atoms with E-state index in [2.05, 4.69) is 5.32 Å². The number of hydrogen-bond donors (Lipinski definition) is 1. The number of nitrogens with one attached hydrogen (secondary N) is 1. The summed E-state index contributed by atoms with van der Waals surface area (Å²) in [5, 5.41) is 3.71. The monoisotopic (exact) mass is 496 g/mol. The van der Waals surface area contributed by atoms with Crippen LogP contribution in [0.4, 0.5) is 0 Å². The third-order valence-corrected chi connectivity index (χ3v) is 5.93. The van der Waals surface area contributed by atoms with E-state index in [0.717, 1.165) is 12.0 Å². The van der Waals surface area contributed by atoms with Crippen molar-refractivity contribution in [2.75, 3.05) is 20.8 Å². The second-order valence-corrected chi connectivity index (χ2v) is 8.42. The summed E-state index contributed by atoms with van der Waals surface area (Å²) in [7, 11) is 3.06. The molecule has 0 radical (unpaired) electrons. The smallest absolute Gasteiger partial charge is 0.261 e. The van der Waals surface area contributed by atoms with Gasteiger partial charge in [-0.25, -0.2) is 0 Å². The van der Waals surface area contributed by atoms with Gasteiger partial charge >= 0.3 is 0 Å². The molecule has 0 saturated carbocycles. The van der Waals surface area contributed by atoms with Crippen LogP contribution in [-0.4, -0.2) is 49.6 Å². The molecule has 0 aliphatic carbocycles. The van der Waals surface area contributed by atoms with Crippen LogP contribution < -0.4 is 19.5 Å². The minimum atomic E-state index is -0.732. The number of ether oxygens (including phenoxy) is 3. The van der Waals surface area contributed by atoms with Gasteiger partial charge < -0.3 is 24.4 Å². The Kier molecular flexibility index (Phi) is 10.1. The summed E-state index contributed by atoms with van der Waals surface area (Å²) < 4.78 is 16.2. The van der Waals surface area contributed by atoms with Crippen LogP contribution in [0.5, 0.6) is 17.2 Å². The molecule has 0 heterocycles. The quantitative estimate of drug-likeness (QED) is 0.486. The lowest BCUT2D eigenvalue weighted by atomic mass is 10.1. The van der Waals surface area contributed by atoms with Crippen LogP contribution in [-0.2, 0) is 16.1 Å². The molecule has 1 N–H and O–H groups in total. The zero-order chi connectivity index (χ0) is 24.5. The van der Waals surface area contributed by atoms with Crippen LogP contribution in [0.1, 0.15) is 32.8 Å². The maximum absolute atomic E-state index is 13.2. The molecule has 0 saturated heterocycles. The van der Waals surface area contributed by atoms with Gasteiger partial charge in [0.2, 0.25) is 5.91 Å². The van der Waals surface area contributed by atoms with Gasteiger partial charge in [-0.05, 0) is 38.0 Å². The van der Waals surface area contributed by atoms with Crippen molar-refractivity contribution in [1.82, 2.24) is 10.2 Å². The van der Waals surface area contributed by atoms with Gasteiger partial charge in [-0.1, -0.05) is 36.2 Å². The lowest BCUT2D eigenvalue weighted by Crippen LogP contribution is -2.50. The fourth-order valence-corrected chi connectivity index (χ4v) is 3.30. The van der Waals surface area contributed by atoms with Gasteiger partial charge in [-0.2, -0.15) is 0 Å². The van der Waals surface area contributed by atoms with Gasteiger partial charge in [0.1, 0.15) is 23.3 Å². The van der Waals surface area contributed by atoms with Gasteiger partial charge in [0.05, 0.1) is 24.3 Å². The Bertz CT molecular complexity index is 948. The van der Waals surface area contributed by atoms with Crippen molar-refractivity contribution in [1.29, 1.82) is 0 Å². The maximum atomic E-state index is 13.2. The number of methoxy groups -OCH3 is 2. The molecule has 180 valence electrons. The number of hydrogen-bond acceptors (Lipinski definition) is 5. The first-order valence-electron chi connectivity index (χ1n) is 10.6. The third-order valence-electron chi connectivity index (χ3n) is 5.19. The van der Waals surface area contributed by atoms with Gasteiger partial charge in [-0.3, -0.25) is 9.59 Å². The van der Waals surface area contributed by atoms with E-state index in [1.807, 2.05) is 13.8 Å². The highest BCUT2D eigenvalue weighted by atomic mass is 35.5. The number of amides is 2. The topological polar surface area (TPSA) is 77.1 Å². The zero-order valence-electron chi connectivity index (χ0n) is 19.5. The highest BCUT2D eigenvalue weighted by molar-refractivity contribution is 6.42. The SMILES string of the molecule is CC[C@@H](C)NC(=O)[C@@H](C)N(Cc1ccc(Cl)c(Cl)c1)C(=O)COc1cc(OC)cc(OC)c1. The highest BCUT2D eigenvalue weighted by Crippen LogP contribution is 2.28. The molecule has 2 rings (SSSR count). The van der Waals surface area contributed by atoms with Crippen LogP contribution in [0.25, 0.3) is 0 Å². The molecule has 9 heteroatoms. The first-order valence-corrected chi connectivity index (χ1v) is 11.3. The molecule has 2 aromatic rings. The Morgan fingerprint density at radius 2 is 1.58 bits per heavy atom. The Hall–Kier alpha value is -2.64. The van der Waals surface area contributed by atoms with Crippen molar-refractivity contribution in [3.63, 3.8) is 0 Å². The second-order valence-electron chi connectivity index (χ2n) is 7.60. The number of benzene rings is 2. The molecule has 0 bridgehead atoms. The van der Waals surface area contributed by atoms with E-state index in [4.69, 9.17) is 37.4 Å². The van der Waals surface area contributed by atoms with Crippen molar-refractivity contribution in [2.45, 2.75) is 45.8 Å². The number of carbonyl (C=O) groups excluding carboxylic acids is 2. The zero-order valence-corrected chi connectivity index (χ0v) is 21.0. The van der Waals surface area contributed by atoms with E-state index >= 15 is 0 Å². The average molecular weight is 497 g/mol. The average Bonchev–Trinajstić information content (AvgIpc) is 2.82. The van der Waals surface area contributed by atoms with E-state index in [-0.39, 0.29) is 31.0 Å². The summed E-state index contributed by atoms with van der Waals surface area (Å²) in [4.78, 5) is 27.4. The molecule has 33 heavy (non-hydrogen) atoms. The molecule has 0 aromatic heterocycles. The minimum Gasteiger partial charge on any atom is -0.496 e. The lowest BCUT2D eigenvalue weighted by molar-refractivity contribution is -0.142. The lowest BCUT2D eigenvalue weighted by Gasteiger charge is -2.29. The molecular weight excluding hydrogens is 467 g/mol. The van der Waals surface area contributed by atoms with E-state index < -0.39 is 6.04 Å². The molecule has 0 aliphatic heterocycles. The normalized spacial score (nSPS) is 12.5. The predicted molar refractivity (Wildman–Crippen MR) is 129 cm³/mol. The molecule has 0 aliphatic rings. The maximum Gasteiger partial charge on any atom is 0.261 e. The summed E-state index contributed by atoms with van der Waals surface area (Å²) >= 11 is 12.2. The Balaban J connectivity index is 2.22. The fraction of sp³-hybridized carbons (Fsp3) is 0.417. The molecule has 0 fully saturated rings. The molecule has 2 atom stereocenters. The van der Waals surface area contributed by atoms with Crippen molar-refractivity contribution in [3.8, 4) is 17.2 Å². The second kappa shape index (κ2) is 12.6. The molecule has 2 aromatic carbocycles. The standard InChI is InChI=1S/C24H30Cl2N2O5/c1-6-15(2)27-24(30)16(3)28(13-17-7-8-21(25)22(26)9-17)23(29)14-33-20-11-18(31-4)10-19(12-20)32-5/h7-12,15-16H,6,13-14H2,1-5H3,(H,27,30)/t15-,16-/m1/s1. The molecule has 0 unspecified atom stereocenters. The van der Waals surface area contributed by atoms with E-state index in [0.29, 0.717) is 27.3 Å². The van der Waals surface area contributed by atoms with E-state index in [1.165, 1.54) is 19.1 Å². The van der Waals surface area contributed by atoms with Crippen molar-refractivity contribution in [2.24, 2.45) is 0 Å². The Morgan fingerprint density at radius 1 is 0.970 bits per heavy atom. The van der Waals surface area contributed by atoms with Crippen molar-refractivity contribution in [3.05, 3.63) is 52.0 Å². The highest BCUT2D eigenvalue weighted by Gasteiger charge is 2.27. The van der Waals surface area contributed by atoms with Crippen LogP contribution in [0.2, 0.25) is 10.0 Å². The predicted octanol–water partition coefficient (Wildman–Crippen LogP) is 4.72. The van der Waals surface area contributed by atoms with Crippen LogP contribution in [0.15, 0.2) is 36.4 Å². The number of rotatable bonds is 11. The van der Waals surface area contributed by atoms with E-state index in [1.54, 1.807) is 43.3 Å². The molecule has 0 spiro atoms. The Morgan fingerprint density at radius 3 is 2.12 bits per heavy atom.